The smallest absolute Gasteiger partial charge is 0.257 e. The molecule has 0 fully saturated rings. The van der Waals surface area contributed by atoms with Crippen molar-refractivity contribution in [3.05, 3.63) is 64.6 Å². The molecule has 9 heteroatoms. The zero-order chi connectivity index (χ0) is 18.4. The molecule has 2 aromatic carbocycles. The van der Waals surface area contributed by atoms with Crippen LogP contribution in [0.3, 0.4) is 0 Å². The van der Waals surface area contributed by atoms with Crippen LogP contribution in [0.25, 0.3) is 0 Å². The molecular formula is C17H13BrN4O2S2. The predicted molar refractivity (Wildman–Crippen MR) is 108 cm³/mol. The number of hydrogen-bond donors (Lipinski definition) is 2. The third-order valence-electron chi connectivity index (χ3n) is 3.10. The molecule has 0 atom stereocenters. The van der Waals surface area contributed by atoms with E-state index in [-0.39, 0.29) is 17.6 Å². The minimum absolute atomic E-state index is 0.129. The number of amides is 2. The van der Waals surface area contributed by atoms with E-state index in [1.165, 1.54) is 23.1 Å². The second kappa shape index (κ2) is 8.93. The number of nitrogens with one attached hydrogen (secondary N) is 2. The lowest BCUT2D eigenvalue weighted by Crippen LogP contribution is -2.13. The first kappa shape index (κ1) is 18.6. The van der Waals surface area contributed by atoms with Crippen molar-refractivity contribution >= 4 is 61.7 Å². The topological polar surface area (TPSA) is 84.0 Å². The number of hydrogen-bond acceptors (Lipinski definition) is 6. The summed E-state index contributed by atoms with van der Waals surface area (Å²) < 4.78 is 1.43. The first-order valence-corrected chi connectivity index (χ1v) is 10.1. The van der Waals surface area contributed by atoms with Crippen LogP contribution in [0, 0.1) is 0 Å². The van der Waals surface area contributed by atoms with Gasteiger partial charge in [-0.15, -0.1) is 10.2 Å². The molecular weight excluding hydrogens is 436 g/mol. The van der Waals surface area contributed by atoms with Crippen LogP contribution < -0.4 is 10.6 Å². The quantitative estimate of drug-likeness (QED) is 0.434. The van der Waals surface area contributed by atoms with Gasteiger partial charge in [-0.1, -0.05) is 63.3 Å². The second-order valence-corrected chi connectivity index (χ2v) is 8.16. The number of nitrogens with zero attached hydrogens (tertiary/aromatic N) is 2. The lowest BCUT2D eigenvalue weighted by molar-refractivity contribution is -0.113. The summed E-state index contributed by atoms with van der Waals surface area (Å²) >= 11 is 5.82. The number of anilines is 2. The van der Waals surface area contributed by atoms with Crippen molar-refractivity contribution in [3.8, 4) is 0 Å². The van der Waals surface area contributed by atoms with E-state index in [0.717, 1.165) is 10.2 Å². The van der Waals surface area contributed by atoms with Gasteiger partial charge in [0.2, 0.25) is 11.0 Å². The molecule has 6 nitrogen and oxygen atoms in total. The van der Waals surface area contributed by atoms with E-state index >= 15 is 0 Å². The average Bonchev–Trinajstić information content (AvgIpc) is 3.08. The lowest BCUT2D eigenvalue weighted by atomic mass is 10.2. The van der Waals surface area contributed by atoms with Crippen molar-refractivity contribution in [2.45, 2.75) is 4.34 Å². The van der Waals surface area contributed by atoms with Gasteiger partial charge in [-0.25, -0.2) is 0 Å². The van der Waals surface area contributed by atoms with E-state index in [4.69, 9.17) is 0 Å². The van der Waals surface area contributed by atoms with Crippen LogP contribution in [-0.2, 0) is 4.79 Å². The molecule has 2 N–H and O–H groups in total. The molecule has 2 amide bonds. The zero-order valence-electron chi connectivity index (χ0n) is 13.3. The summed E-state index contributed by atoms with van der Waals surface area (Å²) in [5.41, 5.74) is 1.27. The van der Waals surface area contributed by atoms with Gasteiger partial charge in [-0.2, -0.15) is 0 Å². The summed E-state index contributed by atoms with van der Waals surface area (Å²) in [7, 11) is 0. The SMILES string of the molecule is O=C(CSc1nnc(NC(=O)c2cccc(Br)c2)s1)Nc1ccccc1. The van der Waals surface area contributed by atoms with E-state index in [1.807, 2.05) is 36.4 Å². The first-order valence-electron chi connectivity index (χ1n) is 7.48. The molecule has 0 aliphatic carbocycles. The Morgan fingerprint density at radius 2 is 1.85 bits per heavy atom. The highest BCUT2D eigenvalue weighted by molar-refractivity contribution is 9.10. The highest BCUT2D eigenvalue weighted by Crippen LogP contribution is 2.26. The fourth-order valence-corrected chi connectivity index (χ4v) is 3.91. The Labute approximate surface area is 166 Å². The minimum Gasteiger partial charge on any atom is -0.325 e. The van der Waals surface area contributed by atoms with Gasteiger partial charge in [0.1, 0.15) is 0 Å². The molecule has 0 saturated heterocycles. The number of thioether (sulfide) groups is 1. The molecule has 0 bridgehead atoms. The zero-order valence-corrected chi connectivity index (χ0v) is 16.5. The maximum absolute atomic E-state index is 12.2. The number of benzene rings is 2. The van der Waals surface area contributed by atoms with Crippen LogP contribution >= 0.6 is 39.0 Å². The van der Waals surface area contributed by atoms with Gasteiger partial charge in [-0.3, -0.25) is 14.9 Å². The molecule has 0 saturated carbocycles. The number of carbonyl (C=O) groups is 2. The summed E-state index contributed by atoms with van der Waals surface area (Å²) in [6.07, 6.45) is 0. The number of aromatic nitrogens is 2. The Hall–Kier alpha value is -2.23. The minimum atomic E-state index is -0.263. The van der Waals surface area contributed by atoms with Gasteiger partial charge in [-0.05, 0) is 30.3 Å². The van der Waals surface area contributed by atoms with Crippen LogP contribution in [0.1, 0.15) is 10.4 Å². The summed E-state index contributed by atoms with van der Waals surface area (Å²) in [6.45, 7) is 0. The lowest BCUT2D eigenvalue weighted by Gasteiger charge is -2.03. The van der Waals surface area contributed by atoms with Crippen molar-refractivity contribution in [1.82, 2.24) is 10.2 Å². The van der Waals surface area contributed by atoms with Crippen molar-refractivity contribution in [2.75, 3.05) is 16.4 Å². The molecule has 0 radical (unpaired) electrons. The van der Waals surface area contributed by atoms with E-state index in [9.17, 15) is 9.59 Å². The number of rotatable bonds is 6. The second-order valence-electron chi connectivity index (χ2n) is 5.04. The Morgan fingerprint density at radius 1 is 1.04 bits per heavy atom. The number of para-hydroxylation sites is 1. The average molecular weight is 449 g/mol. The molecule has 3 aromatic rings. The summed E-state index contributed by atoms with van der Waals surface area (Å²) in [6, 6.07) is 16.3. The van der Waals surface area contributed by atoms with E-state index in [1.54, 1.807) is 18.2 Å². The van der Waals surface area contributed by atoms with Gasteiger partial charge < -0.3 is 5.32 Å². The van der Waals surface area contributed by atoms with Gasteiger partial charge in [0.15, 0.2) is 4.34 Å². The van der Waals surface area contributed by atoms with Crippen LogP contribution in [0.15, 0.2) is 63.4 Å². The summed E-state index contributed by atoms with van der Waals surface area (Å²) in [4.78, 5) is 24.1. The number of halogens is 1. The van der Waals surface area contributed by atoms with E-state index in [2.05, 4.69) is 36.8 Å². The van der Waals surface area contributed by atoms with E-state index < -0.39 is 0 Å². The Kier molecular flexibility index (Phi) is 6.37. The Balaban J connectivity index is 1.51. The normalized spacial score (nSPS) is 10.3. The molecule has 26 heavy (non-hydrogen) atoms. The van der Waals surface area contributed by atoms with Crippen molar-refractivity contribution < 1.29 is 9.59 Å². The molecule has 0 aliphatic heterocycles. The summed E-state index contributed by atoms with van der Waals surface area (Å²) in [5, 5.41) is 13.8. The number of carbonyl (C=O) groups excluding carboxylic acids is 2. The van der Waals surface area contributed by atoms with Gasteiger partial charge >= 0.3 is 0 Å². The Morgan fingerprint density at radius 3 is 2.62 bits per heavy atom. The fraction of sp³-hybridized carbons (Fsp3) is 0.0588. The predicted octanol–water partition coefficient (Wildman–Crippen LogP) is 4.28. The van der Waals surface area contributed by atoms with Gasteiger partial charge in [0.05, 0.1) is 5.75 Å². The molecule has 1 heterocycles. The molecule has 3 rings (SSSR count). The Bertz CT molecular complexity index is 918. The largest absolute Gasteiger partial charge is 0.325 e. The van der Waals surface area contributed by atoms with Crippen LogP contribution in [0.4, 0.5) is 10.8 Å². The van der Waals surface area contributed by atoms with Gasteiger partial charge in [0, 0.05) is 15.7 Å². The third kappa shape index (κ3) is 5.38. The first-order chi connectivity index (χ1) is 12.6. The molecule has 1 aromatic heterocycles. The molecule has 0 unspecified atom stereocenters. The van der Waals surface area contributed by atoms with Crippen molar-refractivity contribution in [2.24, 2.45) is 0 Å². The summed E-state index contributed by atoms with van der Waals surface area (Å²) in [5.74, 6) is -0.180. The standard InChI is InChI=1S/C17H13BrN4O2S2/c18-12-6-4-5-11(9-12)15(24)20-16-21-22-17(26-16)25-10-14(23)19-13-7-2-1-3-8-13/h1-9H,10H2,(H,19,23)(H,20,21,24). The fourth-order valence-electron chi connectivity index (χ4n) is 1.96. The maximum atomic E-state index is 12.2. The van der Waals surface area contributed by atoms with Gasteiger partial charge in [0.25, 0.3) is 5.91 Å². The highest BCUT2D eigenvalue weighted by atomic mass is 79.9. The third-order valence-corrected chi connectivity index (χ3v) is 5.56. The van der Waals surface area contributed by atoms with Crippen LogP contribution in [0.5, 0.6) is 0 Å². The molecule has 0 spiro atoms. The highest BCUT2D eigenvalue weighted by Gasteiger charge is 2.12. The molecule has 0 aliphatic rings. The maximum Gasteiger partial charge on any atom is 0.257 e. The van der Waals surface area contributed by atoms with E-state index in [0.29, 0.717) is 15.0 Å². The van der Waals surface area contributed by atoms with Crippen LogP contribution in [-0.4, -0.2) is 27.8 Å². The van der Waals surface area contributed by atoms with Crippen LogP contribution in [0.2, 0.25) is 0 Å². The monoisotopic (exact) mass is 448 g/mol. The molecule has 132 valence electrons. The van der Waals surface area contributed by atoms with Crippen molar-refractivity contribution in [1.29, 1.82) is 0 Å². The van der Waals surface area contributed by atoms with Crippen molar-refractivity contribution in [3.63, 3.8) is 0 Å².